The van der Waals surface area contributed by atoms with E-state index in [0.29, 0.717) is 0 Å². The zero-order chi connectivity index (χ0) is 10.7. The van der Waals surface area contributed by atoms with Crippen LogP contribution in [0.2, 0.25) is 0 Å². The Morgan fingerprint density at radius 1 is 1.07 bits per heavy atom. The number of hydrogen-bond acceptors (Lipinski definition) is 1. The molecule has 0 bridgehead atoms. The van der Waals surface area contributed by atoms with Gasteiger partial charge in [-0.25, -0.2) is 8.78 Å². The summed E-state index contributed by atoms with van der Waals surface area (Å²) in [6.45, 7) is 0.846. The summed E-state index contributed by atoms with van der Waals surface area (Å²) in [6, 6.07) is 3.90. The minimum atomic E-state index is -0.436. The van der Waals surface area contributed by atoms with E-state index in [-0.39, 0.29) is 11.6 Å². The lowest BCUT2D eigenvalue weighted by Crippen LogP contribution is -2.22. The Morgan fingerprint density at radius 3 is 2.53 bits per heavy atom. The van der Waals surface area contributed by atoms with Crippen LogP contribution in [-0.4, -0.2) is 6.54 Å². The molecule has 2 rings (SSSR count). The first-order valence-corrected chi connectivity index (χ1v) is 5.46. The van der Waals surface area contributed by atoms with Gasteiger partial charge in [-0.1, -0.05) is 18.9 Å². The van der Waals surface area contributed by atoms with Gasteiger partial charge in [-0.15, -0.1) is 0 Å². The van der Waals surface area contributed by atoms with Crippen molar-refractivity contribution in [1.82, 2.24) is 5.32 Å². The van der Waals surface area contributed by atoms with Gasteiger partial charge in [0.1, 0.15) is 11.6 Å². The topological polar surface area (TPSA) is 12.0 Å². The molecule has 15 heavy (non-hydrogen) atoms. The van der Waals surface area contributed by atoms with E-state index >= 15 is 0 Å². The van der Waals surface area contributed by atoms with Crippen LogP contribution in [0.5, 0.6) is 0 Å². The van der Waals surface area contributed by atoms with Crippen molar-refractivity contribution in [1.29, 1.82) is 0 Å². The molecule has 1 unspecified atom stereocenters. The second-order valence-corrected chi connectivity index (χ2v) is 3.99. The van der Waals surface area contributed by atoms with Gasteiger partial charge in [0.25, 0.3) is 0 Å². The molecule has 0 spiro atoms. The van der Waals surface area contributed by atoms with Crippen molar-refractivity contribution in [3.8, 4) is 0 Å². The molecule has 0 saturated carbocycles. The highest BCUT2D eigenvalue weighted by molar-refractivity contribution is 5.23. The van der Waals surface area contributed by atoms with Gasteiger partial charge in [0.05, 0.1) is 0 Å². The van der Waals surface area contributed by atoms with E-state index in [9.17, 15) is 8.78 Å². The highest BCUT2D eigenvalue weighted by Gasteiger charge is 2.20. The molecule has 1 aliphatic heterocycles. The van der Waals surface area contributed by atoms with Gasteiger partial charge < -0.3 is 5.32 Å². The SMILES string of the molecule is Fc1cccc(F)c1C1CCCCCN1. The van der Waals surface area contributed by atoms with E-state index in [0.717, 1.165) is 32.2 Å². The normalized spacial score (nSPS) is 22.4. The van der Waals surface area contributed by atoms with Crippen molar-refractivity contribution in [2.45, 2.75) is 31.7 Å². The average Bonchev–Trinajstić information content (AvgIpc) is 2.46. The number of halogens is 2. The third-order valence-electron chi connectivity index (χ3n) is 2.91. The highest BCUT2D eigenvalue weighted by Crippen LogP contribution is 2.26. The van der Waals surface area contributed by atoms with Crippen LogP contribution in [0.3, 0.4) is 0 Å². The molecule has 0 aliphatic carbocycles. The first-order valence-electron chi connectivity index (χ1n) is 5.46. The fraction of sp³-hybridized carbons (Fsp3) is 0.500. The molecule has 1 atom stereocenters. The molecule has 1 N–H and O–H groups in total. The molecule has 82 valence electrons. The second kappa shape index (κ2) is 4.71. The van der Waals surface area contributed by atoms with Crippen molar-refractivity contribution in [3.63, 3.8) is 0 Å². The molecule has 1 aromatic rings. The van der Waals surface area contributed by atoms with E-state index in [2.05, 4.69) is 5.32 Å². The van der Waals surface area contributed by atoms with Crippen LogP contribution in [0, 0.1) is 11.6 Å². The lowest BCUT2D eigenvalue weighted by Gasteiger charge is -2.17. The average molecular weight is 211 g/mol. The van der Waals surface area contributed by atoms with Gasteiger partial charge in [-0.3, -0.25) is 0 Å². The van der Waals surface area contributed by atoms with E-state index in [1.165, 1.54) is 18.2 Å². The first-order chi connectivity index (χ1) is 7.29. The molecule has 1 heterocycles. The third kappa shape index (κ3) is 2.34. The number of nitrogens with one attached hydrogen (secondary N) is 1. The summed E-state index contributed by atoms with van der Waals surface area (Å²) in [6.07, 6.45) is 4.08. The Balaban J connectivity index is 2.26. The number of benzene rings is 1. The first kappa shape index (κ1) is 10.6. The Bertz CT molecular complexity index is 310. The van der Waals surface area contributed by atoms with Crippen LogP contribution < -0.4 is 5.32 Å². The fourth-order valence-corrected chi connectivity index (χ4v) is 2.12. The zero-order valence-corrected chi connectivity index (χ0v) is 8.60. The lowest BCUT2D eigenvalue weighted by atomic mass is 10.0. The van der Waals surface area contributed by atoms with E-state index < -0.39 is 11.6 Å². The van der Waals surface area contributed by atoms with Gasteiger partial charge in [0.15, 0.2) is 0 Å². The van der Waals surface area contributed by atoms with E-state index in [1.54, 1.807) is 0 Å². The minimum absolute atomic E-state index is 0.159. The fourth-order valence-electron chi connectivity index (χ4n) is 2.12. The van der Waals surface area contributed by atoms with Gasteiger partial charge >= 0.3 is 0 Å². The molecule has 1 aliphatic rings. The maximum Gasteiger partial charge on any atom is 0.130 e. The zero-order valence-electron chi connectivity index (χ0n) is 8.60. The standard InChI is InChI=1S/C12H15F2N/c13-9-5-4-6-10(14)12(9)11-7-2-1-3-8-15-11/h4-6,11,15H,1-3,7-8H2. The van der Waals surface area contributed by atoms with Crippen LogP contribution in [0.1, 0.15) is 37.3 Å². The van der Waals surface area contributed by atoms with Gasteiger partial charge in [0, 0.05) is 11.6 Å². The van der Waals surface area contributed by atoms with Crippen LogP contribution in [0.15, 0.2) is 18.2 Å². The molecular weight excluding hydrogens is 196 g/mol. The monoisotopic (exact) mass is 211 g/mol. The summed E-state index contributed by atoms with van der Waals surface area (Å²) < 4.78 is 27.0. The van der Waals surface area contributed by atoms with Crippen LogP contribution in [-0.2, 0) is 0 Å². The predicted octanol–water partition coefficient (Wildman–Crippen LogP) is 3.17. The summed E-state index contributed by atoms with van der Waals surface area (Å²) >= 11 is 0. The molecule has 1 fully saturated rings. The summed E-state index contributed by atoms with van der Waals surface area (Å²) in [5.74, 6) is -0.871. The Labute approximate surface area is 88.5 Å². The summed E-state index contributed by atoms with van der Waals surface area (Å²) in [4.78, 5) is 0. The van der Waals surface area contributed by atoms with Crippen molar-refractivity contribution in [2.24, 2.45) is 0 Å². The molecule has 1 nitrogen and oxygen atoms in total. The molecule has 0 aromatic heterocycles. The van der Waals surface area contributed by atoms with Crippen LogP contribution in [0.25, 0.3) is 0 Å². The summed E-state index contributed by atoms with van der Waals surface area (Å²) in [5.41, 5.74) is 0.208. The van der Waals surface area contributed by atoms with Crippen molar-refractivity contribution in [2.75, 3.05) is 6.54 Å². The maximum absolute atomic E-state index is 13.5. The minimum Gasteiger partial charge on any atom is -0.310 e. The Morgan fingerprint density at radius 2 is 1.80 bits per heavy atom. The number of hydrogen-bond donors (Lipinski definition) is 1. The predicted molar refractivity (Wildman–Crippen MR) is 55.6 cm³/mol. The van der Waals surface area contributed by atoms with E-state index in [4.69, 9.17) is 0 Å². The van der Waals surface area contributed by atoms with Gasteiger partial charge in [0.2, 0.25) is 0 Å². The molecule has 3 heteroatoms. The molecular formula is C12H15F2N. The molecule has 0 radical (unpaired) electrons. The summed E-state index contributed by atoms with van der Waals surface area (Å²) in [5, 5.41) is 3.20. The highest BCUT2D eigenvalue weighted by atomic mass is 19.1. The smallest absolute Gasteiger partial charge is 0.130 e. The quantitative estimate of drug-likeness (QED) is 0.752. The van der Waals surface area contributed by atoms with Crippen molar-refractivity contribution in [3.05, 3.63) is 35.4 Å². The number of rotatable bonds is 1. The van der Waals surface area contributed by atoms with E-state index in [1.807, 2.05) is 0 Å². The van der Waals surface area contributed by atoms with Crippen LogP contribution in [0.4, 0.5) is 8.78 Å². The van der Waals surface area contributed by atoms with Crippen molar-refractivity contribution < 1.29 is 8.78 Å². The second-order valence-electron chi connectivity index (χ2n) is 3.99. The molecule has 1 aromatic carbocycles. The third-order valence-corrected chi connectivity index (χ3v) is 2.91. The Kier molecular flexibility index (Phi) is 3.31. The Hall–Kier alpha value is -0.960. The molecule has 1 saturated heterocycles. The summed E-state index contributed by atoms with van der Waals surface area (Å²) in [7, 11) is 0. The van der Waals surface area contributed by atoms with Gasteiger partial charge in [-0.05, 0) is 31.5 Å². The maximum atomic E-state index is 13.5. The van der Waals surface area contributed by atoms with Crippen molar-refractivity contribution >= 4 is 0 Å². The molecule has 0 amide bonds. The van der Waals surface area contributed by atoms with Crippen LogP contribution >= 0.6 is 0 Å². The largest absolute Gasteiger partial charge is 0.310 e. The lowest BCUT2D eigenvalue weighted by molar-refractivity contribution is 0.464. The van der Waals surface area contributed by atoms with Gasteiger partial charge in [-0.2, -0.15) is 0 Å².